The van der Waals surface area contributed by atoms with E-state index >= 15 is 0 Å². The lowest BCUT2D eigenvalue weighted by molar-refractivity contribution is 0.363. The average Bonchev–Trinajstić information content (AvgIpc) is 2.72. The molecule has 0 radical (unpaired) electrons. The molecule has 1 saturated carbocycles. The molecular formula is C14H20FNO. The summed E-state index contributed by atoms with van der Waals surface area (Å²) in [5.41, 5.74) is 6.47. The van der Waals surface area contributed by atoms with Crippen molar-refractivity contribution in [2.24, 2.45) is 11.7 Å². The lowest BCUT2D eigenvalue weighted by atomic mass is 9.87. The van der Waals surface area contributed by atoms with Gasteiger partial charge in [0.25, 0.3) is 0 Å². The quantitative estimate of drug-likeness (QED) is 0.876. The van der Waals surface area contributed by atoms with Gasteiger partial charge in [-0.25, -0.2) is 4.39 Å². The highest BCUT2D eigenvalue weighted by Gasteiger charge is 2.38. The highest BCUT2D eigenvalue weighted by atomic mass is 19.1. The zero-order chi connectivity index (χ0) is 12.5. The second-order valence-electron chi connectivity index (χ2n) is 5.00. The van der Waals surface area contributed by atoms with Crippen molar-refractivity contribution in [1.82, 2.24) is 0 Å². The molecule has 0 saturated heterocycles. The first-order valence-corrected chi connectivity index (χ1v) is 6.22. The van der Waals surface area contributed by atoms with Crippen LogP contribution in [-0.4, -0.2) is 7.11 Å². The van der Waals surface area contributed by atoms with Crippen molar-refractivity contribution in [3.63, 3.8) is 0 Å². The zero-order valence-corrected chi connectivity index (χ0v) is 10.5. The van der Waals surface area contributed by atoms with Gasteiger partial charge in [-0.05, 0) is 31.2 Å². The lowest BCUT2D eigenvalue weighted by Gasteiger charge is -2.26. The van der Waals surface area contributed by atoms with Crippen molar-refractivity contribution in [1.29, 1.82) is 0 Å². The van der Waals surface area contributed by atoms with E-state index in [2.05, 4.69) is 6.92 Å². The summed E-state index contributed by atoms with van der Waals surface area (Å²) < 4.78 is 19.2. The smallest absolute Gasteiger partial charge is 0.170 e. The van der Waals surface area contributed by atoms with Crippen molar-refractivity contribution >= 4 is 0 Å². The first-order chi connectivity index (χ1) is 8.10. The molecule has 0 aromatic heterocycles. The lowest BCUT2D eigenvalue weighted by Crippen LogP contribution is -2.34. The van der Waals surface area contributed by atoms with Crippen LogP contribution in [0, 0.1) is 11.7 Å². The number of hydrogen-bond donors (Lipinski definition) is 1. The van der Waals surface area contributed by atoms with Crippen LogP contribution in [0.25, 0.3) is 0 Å². The summed E-state index contributed by atoms with van der Waals surface area (Å²) in [7, 11) is 1.48. The van der Waals surface area contributed by atoms with E-state index < -0.39 is 5.54 Å². The summed E-state index contributed by atoms with van der Waals surface area (Å²) in [6, 6.07) is 5.23. The average molecular weight is 237 g/mol. The molecule has 2 rings (SSSR count). The van der Waals surface area contributed by atoms with Crippen molar-refractivity contribution < 1.29 is 9.13 Å². The van der Waals surface area contributed by atoms with Crippen LogP contribution in [0.1, 0.15) is 38.2 Å². The molecule has 0 heterocycles. The molecule has 0 bridgehead atoms. The Bertz CT molecular complexity index is 407. The molecule has 0 amide bonds. The number of methoxy groups -OCH3 is 1. The minimum Gasteiger partial charge on any atom is -0.494 e. The normalized spacial score (nSPS) is 28.4. The van der Waals surface area contributed by atoms with E-state index in [4.69, 9.17) is 10.5 Å². The summed E-state index contributed by atoms with van der Waals surface area (Å²) >= 11 is 0. The second-order valence-corrected chi connectivity index (χ2v) is 5.00. The van der Waals surface area contributed by atoms with Crippen LogP contribution in [0.5, 0.6) is 5.75 Å². The van der Waals surface area contributed by atoms with E-state index in [0.717, 1.165) is 25.7 Å². The Labute approximate surface area is 102 Å². The third-order valence-corrected chi connectivity index (χ3v) is 3.95. The molecule has 1 aromatic rings. The Morgan fingerprint density at radius 3 is 2.88 bits per heavy atom. The van der Waals surface area contributed by atoms with Crippen LogP contribution in [0.15, 0.2) is 18.2 Å². The number of rotatable bonds is 3. The minimum absolute atomic E-state index is 0.285. The highest BCUT2D eigenvalue weighted by molar-refractivity contribution is 5.36. The highest BCUT2D eigenvalue weighted by Crippen LogP contribution is 2.43. The maximum Gasteiger partial charge on any atom is 0.170 e. The van der Waals surface area contributed by atoms with Gasteiger partial charge in [-0.3, -0.25) is 0 Å². The van der Waals surface area contributed by atoms with Crippen molar-refractivity contribution in [2.75, 3.05) is 7.11 Å². The van der Waals surface area contributed by atoms with E-state index in [9.17, 15) is 4.39 Å². The molecular weight excluding hydrogens is 217 g/mol. The van der Waals surface area contributed by atoms with E-state index in [1.54, 1.807) is 12.1 Å². The fourth-order valence-corrected chi connectivity index (χ4v) is 2.83. The standard InChI is InChI=1S/C14H20FNO/c1-3-10-7-8-14(16,9-10)11-5-4-6-12(17-2)13(11)15/h4-6,10H,3,7-9,16H2,1-2H3. The van der Waals surface area contributed by atoms with Crippen LogP contribution in [-0.2, 0) is 5.54 Å². The topological polar surface area (TPSA) is 35.2 Å². The summed E-state index contributed by atoms with van der Waals surface area (Å²) in [5, 5.41) is 0. The van der Waals surface area contributed by atoms with E-state index in [1.165, 1.54) is 7.11 Å². The molecule has 94 valence electrons. The third-order valence-electron chi connectivity index (χ3n) is 3.95. The molecule has 17 heavy (non-hydrogen) atoms. The Morgan fingerprint density at radius 2 is 2.29 bits per heavy atom. The van der Waals surface area contributed by atoms with E-state index in [0.29, 0.717) is 11.5 Å². The van der Waals surface area contributed by atoms with Crippen molar-refractivity contribution in [3.05, 3.63) is 29.6 Å². The minimum atomic E-state index is -0.515. The fourth-order valence-electron chi connectivity index (χ4n) is 2.83. The maximum atomic E-state index is 14.2. The van der Waals surface area contributed by atoms with Gasteiger partial charge in [0.2, 0.25) is 0 Å². The predicted molar refractivity (Wildman–Crippen MR) is 66.4 cm³/mol. The molecule has 2 nitrogen and oxygen atoms in total. The number of halogens is 1. The van der Waals surface area contributed by atoms with Gasteiger partial charge in [0.15, 0.2) is 11.6 Å². The number of benzene rings is 1. The van der Waals surface area contributed by atoms with E-state index in [1.807, 2.05) is 6.07 Å². The van der Waals surface area contributed by atoms with Gasteiger partial charge < -0.3 is 10.5 Å². The molecule has 2 N–H and O–H groups in total. The maximum absolute atomic E-state index is 14.2. The Morgan fingerprint density at radius 1 is 1.53 bits per heavy atom. The van der Waals surface area contributed by atoms with Gasteiger partial charge in [0.1, 0.15) is 0 Å². The Balaban J connectivity index is 2.34. The van der Waals surface area contributed by atoms with Crippen molar-refractivity contribution in [2.45, 2.75) is 38.1 Å². The van der Waals surface area contributed by atoms with Gasteiger partial charge in [-0.1, -0.05) is 25.5 Å². The molecule has 1 aromatic carbocycles. The molecule has 3 heteroatoms. The zero-order valence-electron chi connectivity index (χ0n) is 10.5. The molecule has 0 spiro atoms. The van der Waals surface area contributed by atoms with Gasteiger partial charge in [-0.2, -0.15) is 0 Å². The SMILES string of the molecule is CCC1CCC(N)(c2cccc(OC)c2F)C1. The molecule has 1 aliphatic carbocycles. The summed E-state index contributed by atoms with van der Waals surface area (Å²) in [4.78, 5) is 0. The van der Waals surface area contributed by atoms with Crippen LogP contribution in [0.4, 0.5) is 4.39 Å². The monoisotopic (exact) mass is 237 g/mol. The molecule has 2 atom stereocenters. The first-order valence-electron chi connectivity index (χ1n) is 6.22. The number of nitrogens with two attached hydrogens (primary N) is 1. The van der Waals surface area contributed by atoms with Crippen LogP contribution >= 0.6 is 0 Å². The van der Waals surface area contributed by atoms with Gasteiger partial charge in [0.05, 0.1) is 7.11 Å². The number of hydrogen-bond acceptors (Lipinski definition) is 2. The molecule has 2 unspecified atom stereocenters. The first kappa shape index (κ1) is 12.4. The number of ether oxygens (including phenoxy) is 1. The van der Waals surface area contributed by atoms with Gasteiger partial charge in [0, 0.05) is 11.1 Å². The molecule has 0 aliphatic heterocycles. The Kier molecular flexibility index (Phi) is 3.38. The third kappa shape index (κ3) is 2.16. The fraction of sp³-hybridized carbons (Fsp3) is 0.571. The predicted octanol–water partition coefficient (Wildman–Crippen LogP) is 3.20. The summed E-state index contributed by atoms with van der Waals surface area (Å²) in [6.07, 6.45) is 3.93. The largest absolute Gasteiger partial charge is 0.494 e. The second kappa shape index (κ2) is 4.65. The summed E-state index contributed by atoms with van der Waals surface area (Å²) in [5.74, 6) is 0.604. The Hall–Kier alpha value is -1.09. The van der Waals surface area contributed by atoms with Crippen LogP contribution < -0.4 is 10.5 Å². The van der Waals surface area contributed by atoms with Crippen molar-refractivity contribution in [3.8, 4) is 5.75 Å². The molecule has 1 fully saturated rings. The summed E-state index contributed by atoms with van der Waals surface area (Å²) in [6.45, 7) is 2.17. The molecule has 1 aliphatic rings. The van der Waals surface area contributed by atoms with Crippen LogP contribution in [0.3, 0.4) is 0 Å². The van der Waals surface area contributed by atoms with Gasteiger partial charge in [-0.15, -0.1) is 0 Å². The van der Waals surface area contributed by atoms with Crippen LogP contribution in [0.2, 0.25) is 0 Å². The van der Waals surface area contributed by atoms with E-state index in [-0.39, 0.29) is 11.6 Å². The van der Waals surface area contributed by atoms with Gasteiger partial charge >= 0.3 is 0 Å².